The maximum absolute atomic E-state index is 10.9. The van der Waals surface area contributed by atoms with Gasteiger partial charge in [-0.05, 0) is 18.2 Å². The van der Waals surface area contributed by atoms with Crippen LogP contribution in [0.2, 0.25) is 10.0 Å². The third-order valence-corrected chi connectivity index (χ3v) is 2.06. The smallest absolute Gasteiger partial charge is 0.238 e. The third-order valence-electron chi connectivity index (χ3n) is 1.51. The molecule has 2 N–H and O–H groups in total. The van der Waals surface area contributed by atoms with E-state index >= 15 is 0 Å². The van der Waals surface area contributed by atoms with Crippen molar-refractivity contribution in [3.8, 4) is 0 Å². The highest BCUT2D eigenvalue weighted by Crippen LogP contribution is 2.27. The van der Waals surface area contributed by atoms with Crippen molar-refractivity contribution >= 4 is 34.8 Å². The molecule has 0 unspecified atom stereocenters. The lowest BCUT2D eigenvalue weighted by atomic mass is 10.3. The van der Waals surface area contributed by atoms with Gasteiger partial charge in [0, 0.05) is 11.9 Å². The molecule has 0 radical (unpaired) electrons. The summed E-state index contributed by atoms with van der Waals surface area (Å²) in [7, 11) is 0. The number of carbonyl (C=O) groups excluding carboxylic acids is 1. The van der Waals surface area contributed by atoms with E-state index in [2.05, 4.69) is 0 Å². The summed E-state index contributed by atoms with van der Waals surface area (Å²) in [5, 5.41) is 1.83. The van der Waals surface area contributed by atoms with E-state index < -0.39 is 0 Å². The maximum Gasteiger partial charge on any atom is 0.238 e. The maximum atomic E-state index is 10.9. The fourth-order valence-corrected chi connectivity index (χ4v) is 1.22. The monoisotopic (exact) mass is 218 g/mol. The Kier molecular flexibility index (Phi) is 3.14. The van der Waals surface area contributed by atoms with Gasteiger partial charge in [0.2, 0.25) is 5.91 Å². The van der Waals surface area contributed by atoms with E-state index in [1.807, 2.05) is 0 Å². The number of halogens is 2. The third kappa shape index (κ3) is 2.34. The molecule has 3 nitrogen and oxygen atoms in total. The number of hydrogen-bond donors (Lipinski definition) is 1. The van der Waals surface area contributed by atoms with Gasteiger partial charge in [-0.1, -0.05) is 23.2 Å². The number of hydrazine groups is 1. The Hall–Kier alpha value is -0.770. The SMILES string of the molecule is CC(=O)N(N)c1cc(Cl)ccc1Cl. The van der Waals surface area contributed by atoms with E-state index in [1.165, 1.54) is 13.0 Å². The van der Waals surface area contributed by atoms with Crippen LogP contribution < -0.4 is 10.9 Å². The predicted octanol–water partition coefficient (Wildman–Crippen LogP) is 2.22. The van der Waals surface area contributed by atoms with Gasteiger partial charge in [0.05, 0.1) is 10.7 Å². The lowest BCUT2D eigenvalue weighted by molar-refractivity contribution is -0.116. The van der Waals surface area contributed by atoms with E-state index in [4.69, 9.17) is 29.0 Å². The van der Waals surface area contributed by atoms with E-state index in [0.29, 0.717) is 15.7 Å². The second-order valence-corrected chi connectivity index (χ2v) is 3.33. The number of hydrogen-bond acceptors (Lipinski definition) is 2. The molecule has 1 aromatic carbocycles. The number of nitrogens with zero attached hydrogens (tertiary/aromatic N) is 1. The second kappa shape index (κ2) is 3.96. The van der Waals surface area contributed by atoms with Crippen molar-refractivity contribution in [1.82, 2.24) is 0 Å². The molecule has 0 saturated carbocycles. The van der Waals surface area contributed by atoms with Gasteiger partial charge in [-0.2, -0.15) is 0 Å². The number of nitrogens with two attached hydrogens (primary N) is 1. The van der Waals surface area contributed by atoms with Crippen molar-refractivity contribution in [2.24, 2.45) is 5.84 Å². The van der Waals surface area contributed by atoms with Crippen molar-refractivity contribution in [3.05, 3.63) is 28.2 Å². The minimum absolute atomic E-state index is 0.302. The van der Waals surface area contributed by atoms with Crippen molar-refractivity contribution in [2.75, 3.05) is 5.01 Å². The number of rotatable bonds is 1. The Labute approximate surface area is 86.0 Å². The molecule has 0 fully saturated rings. The van der Waals surface area contributed by atoms with Crippen LogP contribution in [0.4, 0.5) is 5.69 Å². The molecule has 0 saturated heterocycles. The topological polar surface area (TPSA) is 46.3 Å². The molecule has 1 amide bonds. The van der Waals surface area contributed by atoms with Gasteiger partial charge in [-0.3, -0.25) is 4.79 Å². The van der Waals surface area contributed by atoms with Crippen LogP contribution >= 0.6 is 23.2 Å². The normalized spacial score (nSPS) is 9.85. The summed E-state index contributed by atoms with van der Waals surface area (Å²) in [5.41, 5.74) is 0.404. The highest BCUT2D eigenvalue weighted by molar-refractivity contribution is 6.35. The highest BCUT2D eigenvalue weighted by atomic mass is 35.5. The Morgan fingerprint density at radius 2 is 2.08 bits per heavy atom. The summed E-state index contributed by atoms with van der Waals surface area (Å²) in [6.07, 6.45) is 0. The van der Waals surface area contributed by atoms with Crippen LogP contribution in [0.15, 0.2) is 18.2 Å². The average Bonchev–Trinajstić information content (AvgIpc) is 2.08. The van der Waals surface area contributed by atoms with Crippen LogP contribution in [-0.2, 0) is 4.79 Å². The molecule has 0 aliphatic rings. The first kappa shape index (κ1) is 10.3. The van der Waals surface area contributed by atoms with Crippen molar-refractivity contribution < 1.29 is 4.79 Å². The molecule has 0 aromatic heterocycles. The van der Waals surface area contributed by atoms with Crippen molar-refractivity contribution in [3.63, 3.8) is 0 Å². The van der Waals surface area contributed by atoms with Gasteiger partial charge in [0.15, 0.2) is 0 Å². The first-order valence-electron chi connectivity index (χ1n) is 3.53. The fraction of sp³-hybridized carbons (Fsp3) is 0.125. The summed E-state index contributed by atoms with van der Waals surface area (Å²) in [6, 6.07) is 4.74. The van der Waals surface area contributed by atoms with Crippen LogP contribution in [0.25, 0.3) is 0 Å². The predicted molar refractivity (Wildman–Crippen MR) is 53.8 cm³/mol. The Balaban J connectivity index is 3.12. The van der Waals surface area contributed by atoms with Gasteiger partial charge < -0.3 is 0 Å². The standard InChI is InChI=1S/C8H8Cl2N2O/c1-5(13)12(11)8-4-6(9)2-3-7(8)10/h2-4H,11H2,1H3. The minimum Gasteiger partial charge on any atom is -0.273 e. The average molecular weight is 219 g/mol. The molecule has 1 aromatic rings. The number of carbonyl (C=O) groups is 1. The van der Waals surface area contributed by atoms with E-state index in [-0.39, 0.29) is 5.91 Å². The highest BCUT2D eigenvalue weighted by Gasteiger charge is 2.10. The Bertz CT molecular complexity index is 341. The summed E-state index contributed by atoms with van der Waals surface area (Å²) in [6.45, 7) is 1.34. The lowest BCUT2D eigenvalue weighted by Gasteiger charge is -2.15. The number of anilines is 1. The fourth-order valence-electron chi connectivity index (χ4n) is 0.840. The van der Waals surface area contributed by atoms with Crippen molar-refractivity contribution in [2.45, 2.75) is 6.92 Å². The molecule has 5 heteroatoms. The summed E-state index contributed by atoms with van der Waals surface area (Å²) < 4.78 is 0. The van der Waals surface area contributed by atoms with E-state index in [0.717, 1.165) is 5.01 Å². The first-order valence-corrected chi connectivity index (χ1v) is 4.28. The molecule has 0 atom stereocenters. The van der Waals surface area contributed by atoms with Crippen LogP contribution in [0.3, 0.4) is 0 Å². The zero-order valence-electron chi connectivity index (χ0n) is 6.92. The zero-order valence-corrected chi connectivity index (χ0v) is 8.43. The molecule has 70 valence electrons. The summed E-state index contributed by atoms with van der Waals surface area (Å²) >= 11 is 11.5. The summed E-state index contributed by atoms with van der Waals surface area (Å²) in [4.78, 5) is 10.9. The molecule has 0 bridgehead atoms. The zero-order chi connectivity index (χ0) is 10.0. The van der Waals surface area contributed by atoms with Gasteiger partial charge in [-0.25, -0.2) is 10.9 Å². The molecular formula is C8H8Cl2N2O. The van der Waals surface area contributed by atoms with E-state index in [1.54, 1.807) is 12.1 Å². The van der Waals surface area contributed by atoms with Crippen LogP contribution in [0, 0.1) is 0 Å². The quantitative estimate of drug-likeness (QED) is 0.447. The molecule has 13 heavy (non-hydrogen) atoms. The lowest BCUT2D eigenvalue weighted by Crippen LogP contribution is -2.35. The number of benzene rings is 1. The second-order valence-electron chi connectivity index (χ2n) is 2.48. The molecule has 0 aliphatic heterocycles. The van der Waals surface area contributed by atoms with Gasteiger partial charge in [-0.15, -0.1) is 0 Å². The first-order chi connectivity index (χ1) is 6.02. The largest absolute Gasteiger partial charge is 0.273 e. The van der Waals surface area contributed by atoms with Gasteiger partial charge in [0.25, 0.3) is 0 Å². The molecule has 0 aliphatic carbocycles. The molecule has 0 heterocycles. The van der Waals surface area contributed by atoms with Gasteiger partial charge in [0.1, 0.15) is 0 Å². The van der Waals surface area contributed by atoms with Crippen molar-refractivity contribution in [1.29, 1.82) is 0 Å². The Morgan fingerprint density at radius 3 is 2.62 bits per heavy atom. The van der Waals surface area contributed by atoms with Crippen LogP contribution in [0.5, 0.6) is 0 Å². The Morgan fingerprint density at radius 1 is 1.46 bits per heavy atom. The minimum atomic E-state index is -0.302. The van der Waals surface area contributed by atoms with Crippen LogP contribution in [0.1, 0.15) is 6.92 Å². The van der Waals surface area contributed by atoms with Crippen LogP contribution in [-0.4, -0.2) is 5.91 Å². The molecule has 1 rings (SSSR count). The number of amides is 1. The van der Waals surface area contributed by atoms with E-state index in [9.17, 15) is 4.79 Å². The summed E-state index contributed by atoms with van der Waals surface area (Å²) in [5.74, 6) is 5.15. The molecule has 0 spiro atoms. The van der Waals surface area contributed by atoms with Gasteiger partial charge >= 0.3 is 0 Å². The molecular weight excluding hydrogens is 211 g/mol.